The van der Waals surface area contributed by atoms with Crippen molar-refractivity contribution < 1.29 is 24.3 Å². The summed E-state index contributed by atoms with van der Waals surface area (Å²) in [6.07, 6.45) is 11.9. The number of carbonyl (C=O) groups is 4. The minimum Gasteiger partial charge on any atom is -0.481 e. The van der Waals surface area contributed by atoms with Gasteiger partial charge < -0.3 is 10.4 Å². The highest BCUT2D eigenvalue weighted by Crippen LogP contribution is 2.73. The van der Waals surface area contributed by atoms with Gasteiger partial charge in [-0.05, 0) is 127 Å². The molecule has 5 saturated carbocycles. The number of allylic oxidation sites excluding steroid dienone is 2. The Labute approximate surface area is 277 Å². The Hall–Kier alpha value is -1.98. The van der Waals surface area contributed by atoms with Crippen LogP contribution in [0, 0.1) is 74.9 Å². The maximum atomic E-state index is 13.7. The van der Waals surface area contributed by atoms with Gasteiger partial charge >= 0.3 is 5.97 Å². The van der Waals surface area contributed by atoms with Crippen LogP contribution in [0.25, 0.3) is 0 Å². The number of hydrogen-bond donors (Lipinski definition) is 2. The van der Waals surface area contributed by atoms with Crippen LogP contribution < -0.4 is 5.32 Å². The highest BCUT2D eigenvalue weighted by Gasteiger charge is 2.66. The fourth-order valence-corrected chi connectivity index (χ4v) is 13.6. The number of aliphatic carboxylic acids is 1. The number of carboxylic acids is 1. The highest BCUT2D eigenvalue weighted by atomic mass is 16.4. The minimum absolute atomic E-state index is 0.00785. The molecule has 6 aliphatic carbocycles. The van der Waals surface area contributed by atoms with E-state index in [-0.39, 0.29) is 51.2 Å². The van der Waals surface area contributed by atoms with Crippen LogP contribution in [0.1, 0.15) is 132 Å². The van der Waals surface area contributed by atoms with E-state index in [4.69, 9.17) is 0 Å². The predicted octanol–water partition coefficient (Wildman–Crippen LogP) is 8.04. The Morgan fingerprint density at radius 1 is 0.913 bits per heavy atom. The van der Waals surface area contributed by atoms with Gasteiger partial charge in [-0.25, -0.2) is 0 Å². The third-order valence-corrected chi connectivity index (χ3v) is 15.9. The average Bonchev–Trinajstić information content (AvgIpc) is 3.25. The molecule has 1 amide bonds. The molecule has 0 bridgehead atoms. The number of Topliss-reactive ketones (excluding diaryl/α,β-unsaturated/α-hetero) is 2. The van der Waals surface area contributed by atoms with Crippen molar-refractivity contribution in [2.24, 2.45) is 74.9 Å². The zero-order valence-corrected chi connectivity index (χ0v) is 30.0. The maximum absolute atomic E-state index is 13.7. The summed E-state index contributed by atoms with van der Waals surface area (Å²) in [4.78, 5) is 50.5. The molecule has 6 rings (SSSR count). The van der Waals surface area contributed by atoms with E-state index in [2.05, 4.69) is 46.9 Å². The summed E-state index contributed by atoms with van der Waals surface area (Å²) in [6.45, 7) is 18.7. The van der Waals surface area contributed by atoms with E-state index >= 15 is 0 Å². The molecule has 0 aromatic heterocycles. The second-order valence-electron chi connectivity index (χ2n) is 18.5. The van der Waals surface area contributed by atoms with E-state index in [0.29, 0.717) is 67.0 Å². The topological polar surface area (TPSA) is 101 Å². The first kappa shape index (κ1) is 33.9. The second-order valence-corrected chi connectivity index (χ2v) is 18.5. The first-order chi connectivity index (χ1) is 21.5. The van der Waals surface area contributed by atoms with E-state index in [1.54, 1.807) is 6.92 Å². The van der Waals surface area contributed by atoms with Gasteiger partial charge in [-0.1, -0.05) is 54.0 Å². The molecule has 6 aliphatic rings. The SMILES string of the molecule is CC(=O)NCCC12CCC3C(CCC4C3(C)CCC3C(C)(C)C(CC(=O)C5CC(C(=O)O)C5C)CCC34C)C1=C(C(C)C)C(=O)C2. The summed E-state index contributed by atoms with van der Waals surface area (Å²) >= 11 is 0. The van der Waals surface area contributed by atoms with Crippen molar-refractivity contribution in [1.82, 2.24) is 5.32 Å². The number of carboxylic acid groups (broad SMARTS) is 1. The van der Waals surface area contributed by atoms with Crippen LogP contribution in [-0.2, 0) is 19.2 Å². The first-order valence-corrected chi connectivity index (χ1v) is 18.8. The number of amides is 1. The number of hydrogen-bond acceptors (Lipinski definition) is 4. The Bertz CT molecular complexity index is 1330. The molecular formula is C40H61NO5. The Balaban J connectivity index is 1.23. The zero-order chi connectivity index (χ0) is 33.6. The van der Waals surface area contributed by atoms with Crippen molar-refractivity contribution in [2.75, 3.05) is 6.54 Å². The molecule has 46 heavy (non-hydrogen) atoms. The van der Waals surface area contributed by atoms with Crippen molar-refractivity contribution >= 4 is 23.4 Å². The lowest BCUT2D eigenvalue weighted by Crippen LogP contribution is -2.62. The predicted molar refractivity (Wildman–Crippen MR) is 180 cm³/mol. The Morgan fingerprint density at radius 2 is 1.61 bits per heavy atom. The summed E-state index contributed by atoms with van der Waals surface area (Å²) in [7, 11) is 0. The van der Waals surface area contributed by atoms with Crippen LogP contribution in [0.15, 0.2) is 11.1 Å². The van der Waals surface area contributed by atoms with Crippen LogP contribution >= 0.6 is 0 Å². The fourth-order valence-electron chi connectivity index (χ4n) is 13.6. The largest absolute Gasteiger partial charge is 0.481 e. The van der Waals surface area contributed by atoms with Crippen LogP contribution in [0.3, 0.4) is 0 Å². The van der Waals surface area contributed by atoms with Gasteiger partial charge in [-0.2, -0.15) is 0 Å². The smallest absolute Gasteiger partial charge is 0.306 e. The third kappa shape index (κ3) is 4.99. The van der Waals surface area contributed by atoms with Gasteiger partial charge in [0.15, 0.2) is 5.78 Å². The molecule has 0 spiro atoms. The first-order valence-electron chi connectivity index (χ1n) is 18.8. The number of fused-ring (bicyclic) bond motifs is 7. The van der Waals surface area contributed by atoms with Gasteiger partial charge in [0.2, 0.25) is 5.91 Å². The quantitative estimate of drug-likeness (QED) is 0.281. The normalized spacial score (nSPS) is 44.4. The Morgan fingerprint density at radius 3 is 2.24 bits per heavy atom. The van der Waals surface area contributed by atoms with Gasteiger partial charge in [0.05, 0.1) is 5.92 Å². The van der Waals surface area contributed by atoms with E-state index in [9.17, 15) is 24.3 Å². The van der Waals surface area contributed by atoms with Crippen LogP contribution in [-0.4, -0.2) is 35.1 Å². The minimum atomic E-state index is -0.754. The van der Waals surface area contributed by atoms with Crippen molar-refractivity contribution in [3.05, 3.63) is 11.1 Å². The van der Waals surface area contributed by atoms with E-state index < -0.39 is 5.97 Å². The molecule has 6 nitrogen and oxygen atoms in total. The molecule has 5 fully saturated rings. The average molecular weight is 636 g/mol. The van der Waals surface area contributed by atoms with Gasteiger partial charge in [-0.15, -0.1) is 0 Å². The lowest BCUT2D eigenvalue weighted by Gasteiger charge is -2.69. The van der Waals surface area contributed by atoms with Crippen molar-refractivity contribution in [2.45, 2.75) is 132 Å². The molecule has 0 aromatic carbocycles. The molecule has 0 saturated heterocycles. The standard InChI is InChI=1S/C40H61NO5/c1-22(2)34-31(44)21-40(17-18-41-24(4)42)16-12-29-26(35(34)40)9-10-33-38(29,7)15-13-32-37(5,6)25(11-14-39(32,33)8)19-30(43)27-20-28(23(27)3)36(45)46/h22-23,25-29,32-33H,9-21H2,1-8H3,(H,41,42)(H,45,46). The van der Waals surface area contributed by atoms with E-state index in [1.165, 1.54) is 44.1 Å². The fraction of sp³-hybridized carbons (Fsp3) is 0.850. The summed E-state index contributed by atoms with van der Waals surface area (Å²) in [5.74, 6) is 2.30. The molecule has 0 aliphatic heterocycles. The van der Waals surface area contributed by atoms with Gasteiger partial charge in [-0.3, -0.25) is 19.2 Å². The zero-order valence-electron chi connectivity index (χ0n) is 30.0. The molecule has 0 heterocycles. The summed E-state index contributed by atoms with van der Waals surface area (Å²) in [5.41, 5.74) is 3.08. The molecule has 0 aromatic rings. The van der Waals surface area contributed by atoms with E-state index in [0.717, 1.165) is 24.8 Å². The van der Waals surface area contributed by atoms with Crippen molar-refractivity contribution in [3.63, 3.8) is 0 Å². The summed E-state index contributed by atoms with van der Waals surface area (Å²) < 4.78 is 0. The number of nitrogens with one attached hydrogen (secondary N) is 1. The molecule has 0 radical (unpaired) electrons. The van der Waals surface area contributed by atoms with E-state index in [1.807, 2.05) is 6.92 Å². The maximum Gasteiger partial charge on any atom is 0.306 e. The summed E-state index contributed by atoms with van der Waals surface area (Å²) in [6, 6.07) is 0. The molecule has 11 atom stereocenters. The summed E-state index contributed by atoms with van der Waals surface area (Å²) in [5, 5.41) is 12.5. The molecule has 6 heteroatoms. The number of rotatable bonds is 8. The lowest BCUT2D eigenvalue weighted by atomic mass is 9.35. The monoisotopic (exact) mass is 635 g/mol. The molecule has 11 unspecified atom stereocenters. The third-order valence-electron chi connectivity index (χ3n) is 15.9. The van der Waals surface area contributed by atoms with Gasteiger partial charge in [0.1, 0.15) is 5.78 Å². The molecule has 2 N–H and O–H groups in total. The molecular weight excluding hydrogens is 574 g/mol. The van der Waals surface area contributed by atoms with Gasteiger partial charge in [0.25, 0.3) is 0 Å². The van der Waals surface area contributed by atoms with Crippen LogP contribution in [0.5, 0.6) is 0 Å². The Kier molecular flexibility index (Phi) is 8.53. The lowest BCUT2D eigenvalue weighted by molar-refractivity contribution is -0.193. The van der Waals surface area contributed by atoms with Gasteiger partial charge in [0, 0.05) is 37.6 Å². The number of ketones is 2. The van der Waals surface area contributed by atoms with Crippen molar-refractivity contribution in [3.8, 4) is 0 Å². The highest BCUT2D eigenvalue weighted by molar-refractivity contribution is 6.00. The number of carbonyl (C=O) groups excluding carboxylic acids is 3. The van der Waals surface area contributed by atoms with Crippen molar-refractivity contribution in [1.29, 1.82) is 0 Å². The molecule has 256 valence electrons. The van der Waals surface area contributed by atoms with Crippen LogP contribution in [0.4, 0.5) is 0 Å². The second kappa shape index (κ2) is 11.6. The van der Waals surface area contributed by atoms with Crippen LogP contribution in [0.2, 0.25) is 0 Å².